The SMILES string of the molecule is O[C@H]1CC[C@H](Nc2ncc3ncnc(Nc4cccc(OC(F)(F)C(F)F)c4)c3n2)CC1. The molecule has 2 heterocycles. The van der Waals surface area contributed by atoms with E-state index >= 15 is 0 Å². The molecule has 0 radical (unpaired) electrons. The molecule has 2 aromatic heterocycles. The van der Waals surface area contributed by atoms with Crippen molar-refractivity contribution in [1.82, 2.24) is 19.9 Å². The van der Waals surface area contributed by atoms with Crippen molar-refractivity contribution >= 4 is 28.5 Å². The highest BCUT2D eigenvalue weighted by Crippen LogP contribution is 2.30. The smallest absolute Gasteiger partial charge is 0.428 e. The molecule has 0 spiro atoms. The highest BCUT2D eigenvalue weighted by atomic mass is 19.3. The van der Waals surface area contributed by atoms with Gasteiger partial charge in [0, 0.05) is 17.8 Å². The van der Waals surface area contributed by atoms with E-state index in [1.807, 2.05) is 0 Å². The van der Waals surface area contributed by atoms with Gasteiger partial charge in [0.1, 0.15) is 23.1 Å². The summed E-state index contributed by atoms with van der Waals surface area (Å²) in [7, 11) is 0. The molecule has 0 atom stereocenters. The Bertz CT molecular complexity index is 1080. The summed E-state index contributed by atoms with van der Waals surface area (Å²) in [6.07, 6.45) is -3.07. The average molecular weight is 452 g/mol. The van der Waals surface area contributed by atoms with Gasteiger partial charge in [-0.15, -0.1) is 0 Å². The molecule has 0 bridgehead atoms. The van der Waals surface area contributed by atoms with Crippen molar-refractivity contribution in [3.8, 4) is 5.75 Å². The molecular weight excluding hydrogens is 432 g/mol. The van der Waals surface area contributed by atoms with Crippen LogP contribution in [0.25, 0.3) is 11.0 Å². The number of nitrogens with zero attached hydrogens (tertiary/aromatic N) is 4. The lowest BCUT2D eigenvalue weighted by molar-refractivity contribution is -0.253. The van der Waals surface area contributed by atoms with Gasteiger partial charge in [0.2, 0.25) is 5.95 Å². The normalized spacial score (nSPS) is 19.2. The van der Waals surface area contributed by atoms with Gasteiger partial charge in [-0.25, -0.2) is 19.9 Å². The lowest BCUT2D eigenvalue weighted by Crippen LogP contribution is -2.33. The molecule has 0 aliphatic heterocycles. The van der Waals surface area contributed by atoms with E-state index in [9.17, 15) is 22.7 Å². The quantitative estimate of drug-likeness (QED) is 0.460. The maximum Gasteiger partial charge on any atom is 0.461 e. The predicted octanol–water partition coefficient (Wildman–Crippen LogP) is 4.12. The Kier molecular flexibility index (Phi) is 6.21. The zero-order valence-electron chi connectivity index (χ0n) is 16.7. The van der Waals surface area contributed by atoms with Crippen LogP contribution in [0.5, 0.6) is 5.75 Å². The number of hydrogen-bond acceptors (Lipinski definition) is 8. The zero-order valence-corrected chi connectivity index (χ0v) is 16.7. The number of rotatable bonds is 7. The van der Waals surface area contributed by atoms with E-state index in [0.717, 1.165) is 25.0 Å². The van der Waals surface area contributed by atoms with E-state index in [1.165, 1.54) is 24.7 Å². The first-order valence-corrected chi connectivity index (χ1v) is 9.94. The van der Waals surface area contributed by atoms with Gasteiger partial charge in [-0.3, -0.25) is 0 Å². The highest BCUT2D eigenvalue weighted by molar-refractivity contribution is 5.87. The molecular formula is C20H20F4N6O2. The Labute approximate surface area is 180 Å². The molecule has 1 fully saturated rings. The molecule has 0 saturated heterocycles. The van der Waals surface area contributed by atoms with Crippen molar-refractivity contribution in [3.05, 3.63) is 36.8 Å². The number of aliphatic hydroxyl groups is 1. The Hall–Kier alpha value is -3.28. The highest BCUT2D eigenvalue weighted by Gasteiger charge is 2.44. The maximum absolute atomic E-state index is 13.2. The van der Waals surface area contributed by atoms with Crippen molar-refractivity contribution in [2.24, 2.45) is 0 Å². The van der Waals surface area contributed by atoms with E-state index in [1.54, 1.807) is 0 Å². The lowest BCUT2D eigenvalue weighted by Gasteiger charge is -2.26. The number of aliphatic hydroxyl groups excluding tert-OH is 1. The predicted molar refractivity (Wildman–Crippen MR) is 108 cm³/mol. The number of alkyl halides is 4. The van der Waals surface area contributed by atoms with Crippen molar-refractivity contribution in [1.29, 1.82) is 0 Å². The summed E-state index contributed by atoms with van der Waals surface area (Å²) in [6, 6.07) is 5.34. The fourth-order valence-electron chi connectivity index (χ4n) is 3.39. The summed E-state index contributed by atoms with van der Waals surface area (Å²) in [5.41, 5.74) is 1.11. The first-order chi connectivity index (χ1) is 15.3. The topological polar surface area (TPSA) is 105 Å². The summed E-state index contributed by atoms with van der Waals surface area (Å²) >= 11 is 0. The number of ether oxygens (including phenoxy) is 1. The van der Waals surface area contributed by atoms with Crippen LogP contribution < -0.4 is 15.4 Å². The fraction of sp³-hybridized carbons (Fsp3) is 0.400. The molecule has 32 heavy (non-hydrogen) atoms. The van der Waals surface area contributed by atoms with Crippen LogP contribution in [0.15, 0.2) is 36.8 Å². The first-order valence-electron chi connectivity index (χ1n) is 9.94. The maximum atomic E-state index is 13.2. The number of anilines is 3. The third-order valence-corrected chi connectivity index (χ3v) is 5.01. The number of hydrogen-bond donors (Lipinski definition) is 3. The number of aromatic nitrogens is 4. The third kappa shape index (κ3) is 5.13. The molecule has 1 saturated carbocycles. The lowest BCUT2D eigenvalue weighted by atomic mass is 9.93. The van der Waals surface area contributed by atoms with Gasteiger partial charge in [0.15, 0.2) is 5.82 Å². The summed E-state index contributed by atoms with van der Waals surface area (Å²) < 4.78 is 55.4. The van der Waals surface area contributed by atoms with Gasteiger partial charge in [-0.05, 0) is 37.8 Å². The summed E-state index contributed by atoms with van der Waals surface area (Å²) in [4.78, 5) is 17.0. The molecule has 0 amide bonds. The first kappa shape index (κ1) is 21.9. The van der Waals surface area contributed by atoms with Crippen LogP contribution in [0.4, 0.5) is 35.0 Å². The second-order valence-corrected chi connectivity index (χ2v) is 7.42. The van der Waals surface area contributed by atoms with E-state index in [2.05, 4.69) is 35.3 Å². The van der Waals surface area contributed by atoms with Crippen molar-refractivity contribution in [2.75, 3.05) is 10.6 Å². The number of nitrogens with one attached hydrogen (secondary N) is 2. The van der Waals surface area contributed by atoms with Crippen molar-refractivity contribution in [2.45, 2.75) is 50.4 Å². The van der Waals surface area contributed by atoms with E-state index in [0.29, 0.717) is 29.8 Å². The number of benzene rings is 1. The van der Waals surface area contributed by atoms with Crippen LogP contribution in [0.1, 0.15) is 25.7 Å². The molecule has 4 rings (SSSR count). The summed E-state index contributed by atoms with van der Waals surface area (Å²) in [5, 5.41) is 15.8. The largest absolute Gasteiger partial charge is 0.461 e. The molecule has 0 unspecified atom stereocenters. The van der Waals surface area contributed by atoms with E-state index in [4.69, 9.17) is 0 Å². The van der Waals surface area contributed by atoms with Gasteiger partial charge in [-0.2, -0.15) is 17.6 Å². The number of halogens is 4. The molecule has 12 heteroatoms. The zero-order chi connectivity index (χ0) is 22.7. The minimum absolute atomic E-state index is 0.127. The van der Waals surface area contributed by atoms with Gasteiger partial charge in [-0.1, -0.05) is 6.07 Å². The minimum atomic E-state index is -4.61. The average Bonchev–Trinajstić information content (AvgIpc) is 2.76. The monoisotopic (exact) mass is 452 g/mol. The molecule has 3 N–H and O–H groups in total. The molecule has 1 aliphatic rings. The van der Waals surface area contributed by atoms with Gasteiger partial charge in [0.25, 0.3) is 0 Å². The minimum Gasteiger partial charge on any atom is -0.428 e. The molecule has 170 valence electrons. The van der Waals surface area contributed by atoms with Crippen molar-refractivity contribution < 1.29 is 27.4 Å². The molecule has 3 aromatic rings. The van der Waals surface area contributed by atoms with Crippen LogP contribution in [0, 0.1) is 0 Å². The summed E-state index contributed by atoms with van der Waals surface area (Å²) in [5.74, 6) is 0.206. The summed E-state index contributed by atoms with van der Waals surface area (Å²) in [6.45, 7) is 0. The van der Waals surface area contributed by atoms with Crippen LogP contribution in [-0.4, -0.2) is 49.7 Å². The van der Waals surface area contributed by atoms with Crippen LogP contribution in [0.3, 0.4) is 0 Å². The standard InChI is InChI=1S/C20H20F4N6O2/c21-18(22)20(23,24)32-14-3-1-2-12(8-14)28-17-16-15(26-10-27-17)9-25-19(30-16)29-11-4-6-13(31)7-5-11/h1-3,8-11,13,18,31H,4-7H2,(H,25,29,30)(H,26,27,28)/t11-,13-. The molecule has 8 nitrogen and oxygen atoms in total. The second kappa shape index (κ2) is 9.07. The van der Waals surface area contributed by atoms with Gasteiger partial charge >= 0.3 is 12.5 Å². The van der Waals surface area contributed by atoms with E-state index < -0.39 is 18.3 Å². The van der Waals surface area contributed by atoms with Gasteiger partial charge < -0.3 is 20.5 Å². The second-order valence-electron chi connectivity index (χ2n) is 7.42. The van der Waals surface area contributed by atoms with Crippen molar-refractivity contribution in [3.63, 3.8) is 0 Å². The van der Waals surface area contributed by atoms with Crippen LogP contribution >= 0.6 is 0 Å². The Balaban J connectivity index is 1.55. The fourth-order valence-corrected chi connectivity index (χ4v) is 3.39. The number of fused-ring (bicyclic) bond motifs is 1. The molecule has 1 aromatic carbocycles. The van der Waals surface area contributed by atoms with Crippen LogP contribution in [0.2, 0.25) is 0 Å². The Morgan fingerprint density at radius 1 is 1.09 bits per heavy atom. The molecule has 1 aliphatic carbocycles. The Morgan fingerprint density at radius 3 is 2.62 bits per heavy atom. The third-order valence-electron chi connectivity index (χ3n) is 5.01. The van der Waals surface area contributed by atoms with E-state index in [-0.39, 0.29) is 23.7 Å². The van der Waals surface area contributed by atoms with Gasteiger partial charge in [0.05, 0.1) is 12.3 Å². The van der Waals surface area contributed by atoms with Crippen LogP contribution in [-0.2, 0) is 0 Å². The Morgan fingerprint density at radius 2 is 1.88 bits per heavy atom.